The molecule has 2 aromatic carbocycles. The second-order valence-corrected chi connectivity index (χ2v) is 6.65. The van der Waals surface area contributed by atoms with E-state index in [-0.39, 0.29) is 4.90 Å². The lowest BCUT2D eigenvalue weighted by Crippen LogP contribution is -2.25. The largest absolute Gasteiger partial charge is 0.240 e. The van der Waals surface area contributed by atoms with Gasteiger partial charge in [-0.05, 0) is 36.6 Å². The van der Waals surface area contributed by atoms with Crippen LogP contribution < -0.4 is 4.72 Å². The monoisotopic (exact) mass is 309 g/mol. The normalized spacial score (nSPS) is 11.4. The van der Waals surface area contributed by atoms with Crippen LogP contribution in [0.4, 0.5) is 0 Å². The molecule has 106 valence electrons. The Morgan fingerprint density at radius 1 is 1.00 bits per heavy atom. The van der Waals surface area contributed by atoms with E-state index in [4.69, 9.17) is 11.6 Å². The first-order valence-electron chi connectivity index (χ1n) is 6.37. The third-order valence-corrected chi connectivity index (χ3v) is 4.58. The van der Waals surface area contributed by atoms with Gasteiger partial charge in [0.25, 0.3) is 0 Å². The summed E-state index contributed by atoms with van der Waals surface area (Å²) >= 11 is 5.80. The Balaban J connectivity index is 1.87. The summed E-state index contributed by atoms with van der Waals surface area (Å²) < 4.78 is 26.6. The Kier molecular flexibility index (Phi) is 5.17. The summed E-state index contributed by atoms with van der Waals surface area (Å²) in [5.74, 6) is 0. The average Bonchev–Trinajstić information content (AvgIpc) is 2.45. The average molecular weight is 310 g/mol. The van der Waals surface area contributed by atoms with E-state index >= 15 is 0 Å². The molecule has 0 saturated carbocycles. The highest BCUT2D eigenvalue weighted by Crippen LogP contribution is 2.15. The van der Waals surface area contributed by atoms with Crippen molar-refractivity contribution in [3.8, 4) is 0 Å². The first-order valence-corrected chi connectivity index (χ1v) is 8.23. The Labute approximate surface area is 124 Å². The first kappa shape index (κ1) is 15.0. The van der Waals surface area contributed by atoms with Crippen molar-refractivity contribution in [2.24, 2.45) is 0 Å². The number of hydrogen-bond acceptors (Lipinski definition) is 2. The molecule has 0 unspecified atom stereocenters. The van der Waals surface area contributed by atoms with Crippen molar-refractivity contribution in [3.05, 3.63) is 65.2 Å². The van der Waals surface area contributed by atoms with Crippen molar-refractivity contribution in [2.45, 2.75) is 17.7 Å². The van der Waals surface area contributed by atoms with Gasteiger partial charge in [0, 0.05) is 11.6 Å². The van der Waals surface area contributed by atoms with E-state index in [1.807, 2.05) is 30.3 Å². The fraction of sp³-hybridized carbons (Fsp3) is 0.200. The lowest BCUT2D eigenvalue weighted by molar-refractivity contribution is 0.579. The minimum atomic E-state index is -3.47. The smallest absolute Gasteiger partial charge is 0.211 e. The zero-order valence-electron chi connectivity index (χ0n) is 10.9. The van der Waals surface area contributed by atoms with Crippen LogP contribution in [0.2, 0.25) is 5.02 Å². The minimum absolute atomic E-state index is 0.199. The third kappa shape index (κ3) is 4.34. The number of benzene rings is 2. The highest BCUT2D eigenvalue weighted by molar-refractivity contribution is 7.89. The Bertz CT molecular complexity index is 657. The molecule has 20 heavy (non-hydrogen) atoms. The van der Waals surface area contributed by atoms with Crippen LogP contribution in [-0.4, -0.2) is 15.0 Å². The van der Waals surface area contributed by atoms with Crippen LogP contribution in [0.3, 0.4) is 0 Å². The fourth-order valence-electron chi connectivity index (χ4n) is 1.86. The molecule has 2 aromatic rings. The predicted octanol–water partition coefficient (Wildman–Crippen LogP) is 3.25. The van der Waals surface area contributed by atoms with Crippen LogP contribution in [0.25, 0.3) is 0 Å². The van der Waals surface area contributed by atoms with E-state index in [0.29, 0.717) is 11.6 Å². The van der Waals surface area contributed by atoms with E-state index in [9.17, 15) is 8.42 Å². The topological polar surface area (TPSA) is 46.2 Å². The lowest BCUT2D eigenvalue weighted by Gasteiger charge is -2.07. The molecule has 0 amide bonds. The summed E-state index contributed by atoms with van der Waals surface area (Å²) in [4.78, 5) is 0.199. The van der Waals surface area contributed by atoms with Crippen molar-refractivity contribution >= 4 is 21.6 Å². The van der Waals surface area contributed by atoms with Gasteiger partial charge in [0.2, 0.25) is 10.0 Å². The van der Waals surface area contributed by atoms with Crippen LogP contribution in [0, 0.1) is 0 Å². The molecule has 3 nitrogen and oxygen atoms in total. The van der Waals surface area contributed by atoms with E-state index < -0.39 is 10.0 Å². The summed E-state index contributed by atoms with van der Waals surface area (Å²) in [5.41, 5.74) is 1.20. The number of sulfonamides is 1. The van der Waals surface area contributed by atoms with E-state index in [2.05, 4.69) is 4.72 Å². The minimum Gasteiger partial charge on any atom is -0.211 e. The molecule has 0 aliphatic rings. The van der Waals surface area contributed by atoms with Gasteiger partial charge in [-0.1, -0.05) is 48.0 Å². The third-order valence-electron chi connectivity index (χ3n) is 2.88. The zero-order valence-corrected chi connectivity index (χ0v) is 12.5. The molecule has 0 aliphatic carbocycles. The van der Waals surface area contributed by atoms with Crippen LogP contribution in [0.1, 0.15) is 12.0 Å². The number of halogens is 1. The molecule has 0 bridgehead atoms. The number of hydrogen-bond donors (Lipinski definition) is 1. The molecule has 0 heterocycles. The van der Waals surface area contributed by atoms with Crippen molar-refractivity contribution in [1.29, 1.82) is 0 Å². The van der Waals surface area contributed by atoms with Crippen LogP contribution in [0.15, 0.2) is 59.5 Å². The maximum Gasteiger partial charge on any atom is 0.240 e. The maximum absolute atomic E-state index is 12.0. The highest BCUT2D eigenvalue weighted by Gasteiger charge is 2.13. The summed E-state index contributed by atoms with van der Waals surface area (Å²) in [7, 11) is -3.47. The number of aryl methyl sites for hydroxylation is 1. The van der Waals surface area contributed by atoms with E-state index in [0.717, 1.165) is 12.8 Å². The fourth-order valence-corrected chi connectivity index (χ4v) is 3.24. The van der Waals surface area contributed by atoms with E-state index in [1.54, 1.807) is 12.1 Å². The molecule has 5 heteroatoms. The van der Waals surface area contributed by atoms with Gasteiger partial charge in [0.15, 0.2) is 0 Å². The quantitative estimate of drug-likeness (QED) is 0.833. The Hall–Kier alpha value is -1.36. The van der Waals surface area contributed by atoms with Crippen LogP contribution in [-0.2, 0) is 16.4 Å². The second-order valence-electron chi connectivity index (χ2n) is 4.44. The molecule has 1 N–H and O–H groups in total. The van der Waals surface area contributed by atoms with Gasteiger partial charge in [-0.3, -0.25) is 0 Å². The van der Waals surface area contributed by atoms with Gasteiger partial charge < -0.3 is 0 Å². The molecule has 0 radical (unpaired) electrons. The van der Waals surface area contributed by atoms with Crippen LogP contribution in [0.5, 0.6) is 0 Å². The van der Waals surface area contributed by atoms with Gasteiger partial charge >= 0.3 is 0 Å². The summed E-state index contributed by atoms with van der Waals surface area (Å²) in [6.07, 6.45) is 1.60. The number of nitrogens with one attached hydrogen (secondary N) is 1. The zero-order chi connectivity index (χ0) is 14.4. The van der Waals surface area contributed by atoms with Gasteiger partial charge in [0.1, 0.15) is 0 Å². The van der Waals surface area contributed by atoms with Crippen molar-refractivity contribution < 1.29 is 8.42 Å². The van der Waals surface area contributed by atoms with Gasteiger partial charge in [-0.25, -0.2) is 13.1 Å². The molecule has 0 atom stereocenters. The SMILES string of the molecule is O=S(=O)(NCCCc1ccccc1)c1cccc(Cl)c1. The maximum atomic E-state index is 12.0. The van der Waals surface area contributed by atoms with Crippen molar-refractivity contribution in [2.75, 3.05) is 6.54 Å². The molecular weight excluding hydrogens is 294 g/mol. The van der Waals surface area contributed by atoms with E-state index in [1.165, 1.54) is 17.7 Å². The lowest BCUT2D eigenvalue weighted by atomic mass is 10.1. The van der Waals surface area contributed by atoms with Gasteiger partial charge in [0.05, 0.1) is 4.90 Å². The van der Waals surface area contributed by atoms with Crippen molar-refractivity contribution in [3.63, 3.8) is 0 Å². The molecule has 0 saturated heterocycles. The predicted molar refractivity (Wildman–Crippen MR) is 81.4 cm³/mol. The summed E-state index contributed by atoms with van der Waals surface area (Å²) in [6, 6.07) is 16.2. The number of rotatable bonds is 6. The highest BCUT2D eigenvalue weighted by atomic mass is 35.5. The van der Waals surface area contributed by atoms with Crippen molar-refractivity contribution in [1.82, 2.24) is 4.72 Å². The van der Waals surface area contributed by atoms with Crippen LogP contribution >= 0.6 is 11.6 Å². The molecular formula is C15H16ClNO2S. The standard InChI is InChI=1S/C15H16ClNO2S/c16-14-9-4-10-15(12-14)20(18,19)17-11-5-8-13-6-2-1-3-7-13/h1-4,6-7,9-10,12,17H,5,8,11H2. The Morgan fingerprint density at radius 2 is 1.75 bits per heavy atom. The molecule has 0 spiro atoms. The molecule has 2 rings (SSSR count). The van der Waals surface area contributed by atoms with Gasteiger partial charge in [-0.2, -0.15) is 0 Å². The second kappa shape index (κ2) is 6.88. The Morgan fingerprint density at radius 3 is 2.45 bits per heavy atom. The first-order chi connectivity index (χ1) is 9.58. The molecule has 0 fully saturated rings. The van der Waals surface area contributed by atoms with Gasteiger partial charge in [-0.15, -0.1) is 0 Å². The summed E-state index contributed by atoms with van der Waals surface area (Å²) in [5, 5.41) is 0.414. The molecule has 0 aliphatic heterocycles. The molecule has 0 aromatic heterocycles. The summed E-state index contributed by atoms with van der Waals surface area (Å²) in [6.45, 7) is 0.406.